The zero-order valence-electron chi connectivity index (χ0n) is 20.7. The van der Waals surface area contributed by atoms with Gasteiger partial charge in [-0.25, -0.2) is 4.99 Å². The molecule has 0 aliphatic carbocycles. The van der Waals surface area contributed by atoms with Crippen molar-refractivity contribution in [3.8, 4) is 0 Å². The molecule has 0 aromatic heterocycles. The van der Waals surface area contributed by atoms with Gasteiger partial charge >= 0.3 is 0 Å². The molecule has 1 aromatic rings. The summed E-state index contributed by atoms with van der Waals surface area (Å²) in [6.07, 6.45) is 2.50. The van der Waals surface area contributed by atoms with E-state index in [1.165, 1.54) is 30.6 Å². The van der Waals surface area contributed by atoms with Gasteiger partial charge in [-0.3, -0.25) is 4.90 Å². The van der Waals surface area contributed by atoms with Crippen LogP contribution in [0.2, 0.25) is 0 Å². The average Bonchev–Trinajstić information content (AvgIpc) is 3.23. The Labute approximate surface area is 195 Å². The normalized spacial score (nSPS) is 24.8. The molecule has 2 fully saturated rings. The molecule has 0 radical (unpaired) electrons. The predicted octanol–water partition coefficient (Wildman–Crippen LogP) is 3.61. The monoisotopic (exact) mass is 444 g/mol. The number of nitrogens with one attached hydrogen (secondary N) is 1. The summed E-state index contributed by atoms with van der Waals surface area (Å²) in [4.78, 5) is 10.1. The summed E-state index contributed by atoms with van der Waals surface area (Å²) < 4.78 is 10.8. The van der Waals surface area contributed by atoms with Gasteiger partial charge in [-0.2, -0.15) is 0 Å². The fourth-order valence-corrected chi connectivity index (χ4v) is 5.17. The minimum Gasteiger partial charge on any atom is -0.382 e. The molecule has 0 saturated carbocycles. The van der Waals surface area contributed by atoms with E-state index < -0.39 is 0 Å². The summed E-state index contributed by atoms with van der Waals surface area (Å²) in [5.74, 6) is 3.16. The van der Waals surface area contributed by atoms with Crippen LogP contribution < -0.4 is 5.32 Å². The molecule has 1 N–H and O–H groups in total. The highest BCUT2D eigenvalue weighted by molar-refractivity contribution is 5.80. The zero-order chi connectivity index (χ0) is 22.8. The number of ether oxygens (including phenoxy) is 2. The number of hydrogen-bond acceptors (Lipinski definition) is 4. The van der Waals surface area contributed by atoms with Crippen LogP contribution in [-0.4, -0.2) is 75.4 Å². The van der Waals surface area contributed by atoms with E-state index in [1.54, 1.807) is 7.11 Å². The predicted molar refractivity (Wildman–Crippen MR) is 132 cm³/mol. The summed E-state index contributed by atoms with van der Waals surface area (Å²) in [5, 5.41) is 3.51. The first-order valence-corrected chi connectivity index (χ1v) is 12.5. The Morgan fingerprint density at radius 2 is 1.84 bits per heavy atom. The molecule has 2 saturated heterocycles. The van der Waals surface area contributed by atoms with Crippen LogP contribution in [-0.2, 0) is 22.6 Å². The van der Waals surface area contributed by atoms with E-state index in [-0.39, 0.29) is 0 Å². The van der Waals surface area contributed by atoms with Gasteiger partial charge < -0.3 is 19.7 Å². The van der Waals surface area contributed by atoms with Gasteiger partial charge in [0.25, 0.3) is 0 Å². The Bertz CT molecular complexity index is 701. The SMILES string of the molecule is CCNC(=NCc1ccccc1CN1CC(C)CC(C)C1)N1CCC(COCCOC)C1. The molecule has 3 atom stereocenters. The highest BCUT2D eigenvalue weighted by atomic mass is 16.5. The standard InChI is InChI=1S/C26H44N4O2/c1-5-27-26(30-11-10-23(18-30)20-32-13-12-31-4)28-15-24-8-6-7-9-25(24)19-29-16-21(2)14-22(3)17-29/h6-9,21-23H,5,10-20H2,1-4H3,(H,27,28). The Balaban J connectivity index is 1.59. The smallest absolute Gasteiger partial charge is 0.194 e. The van der Waals surface area contributed by atoms with Crippen molar-refractivity contribution >= 4 is 5.96 Å². The lowest BCUT2D eigenvalue weighted by Gasteiger charge is -2.35. The molecule has 2 aliphatic heterocycles. The summed E-state index contributed by atoms with van der Waals surface area (Å²) in [6.45, 7) is 16.1. The highest BCUT2D eigenvalue weighted by Gasteiger charge is 2.25. The lowest BCUT2D eigenvalue weighted by atomic mass is 9.91. The van der Waals surface area contributed by atoms with Crippen molar-refractivity contribution in [2.24, 2.45) is 22.7 Å². The van der Waals surface area contributed by atoms with Gasteiger partial charge in [-0.1, -0.05) is 38.1 Å². The Hall–Kier alpha value is -1.63. The highest BCUT2D eigenvalue weighted by Crippen LogP contribution is 2.24. The summed E-state index contributed by atoms with van der Waals surface area (Å²) in [7, 11) is 1.71. The first-order chi connectivity index (χ1) is 15.6. The number of guanidine groups is 1. The van der Waals surface area contributed by atoms with Crippen molar-refractivity contribution in [3.63, 3.8) is 0 Å². The van der Waals surface area contributed by atoms with Gasteiger partial charge in [0.05, 0.1) is 26.4 Å². The maximum Gasteiger partial charge on any atom is 0.194 e. The second kappa shape index (κ2) is 13.2. The molecular weight excluding hydrogens is 400 g/mol. The van der Waals surface area contributed by atoms with Crippen molar-refractivity contribution in [1.29, 1.82) is 0 Å². The third-order valence-corrected chi connectivity index (χ3v) is 6.56. The zero-order valence-corrected chi connectivity index (χ0v) is 20.7. The van der Waals surface area contributed by atoms with E-state index >= 15 is 0 Å². The van der Waals surface area contributed by atoms with Gasteiger partial charge in [0.2, 0.25) is 0 Å². The maximum atomic E-state index is 5.76. The third kappa shape index (κ3) is 7.75. The van der Waals surface area contributed by atoms with Crippen LogP contribution in [0.1, 0.15) is 44.7 Å². The first kappa shape index (κ1) is 25.0. The fourth-order valence-electron chi connectivity index (χ4n) is 5.17. The minimum absolute atomic E-state index is 0.561. The lowest BCUT2D eigenvalue weighted by Crippen LogP contribution is -2.40. The second-order valence-corrected chi connectivity index (χ2v) is 9.75. The number of rotatable bonds is 10. The van der Waals surface area contributed by atoms with Gasteiger partial charge in [0.1, 0.15) is 0 Å². The molecule has 2 heterocycles. The van der Waals surface area contributed by atoms with E-state index in [0.29, 0.717) is 19.1 Å². The Morgan fingerprint density at radius 3 is 2.56 bits per heavy atom. The summed E-state index contributed by atoms with van der Waals surface area (Å²) in [5.41, 5.74) is 2.76. The molecule has 0 bridgehead atoms. The molecule has 32 heavy (non-hydrogen) atoms. The third-order valence-electron chi connectivity index (χ3n) is 6.56. The van der Waals surface area contributed by atoms with Crippen molar-refractivity contribution in [3.05, 3.63) is 35.4 Å². The topological polar surface area (TPSA) is 49.3 Å². The molecule has 3 rings (SSSR count). The van der Waals surface area contributed by atoms with Gasteiger partial charge in [-0.15, -0.1) is 0 Å². The quantitative estimate of drug-likeness (QED) is 0.339. The Kier molecular flexibility index (Phi) is 10.3. The second-order valence-electron chi connectivity index (χ2n) is 9.75. The molecule has 0 amide bonds. The van der Waals surface area contributed by atoms with Crippen molar-refractivity contribution in [2.75, 3.05) is 59.7 Å². The van der Waals surface area contributed by atoms with E-state index in [2.05, 4.69) is 60.2 Å². The molecule has 6 nitrogen and oxygen atoms in total. The van der Waals surface area contributed by atoms with Crippen LogP contribution in [0.25, 0.3) is 0 Å². The van der Waals surface area contributed by atoms with Gasteiger partial charge in [0, 0.05) is 52.3 Å². The average molecular weight is 445 g/mol. The van der Waals surface area contributed by atoms with E-state index in [9.17, 15) is 0 Å². The lowest BCUT2D eigenvalue weighted by molar-refractivity contribution is 0.0536. The molecule has 180 valence electrons. The van der Waals surface area contributed by atoms with Crippen LogP contribution in [0.15, 0.2) is 29.3 Å². The van der Waals surface area contributed by atoms with Gasteiger partial charge in [0.15, 0.2) is 5.96 Å². The van der Waals surface area contributed by atoms with Crippen LogP contribution in [0.4, 0.5) is 0 Å². The number of nitrogens with zero attached hydrogens (tertiary/aromatic N) is 3. The number of methoxy groups -OCH3 is 1. The fraction of sp³-hybridized carbons (Fsp3) is 0.731. The van der Waals surface area contributed by atoms with Crippen LogP contribution in [0.3, 0.4) is 0 Å². The number of piperidine rings is 1. The summed E-state index contributed by atoms with van der Waals surface area (Å²) >= 11 is 0. The summed E-state index contributed by atoms with van der Waals surface area (Å²) in [6, 6.07) is 8.84. The van der Waals surface area contributed by atoms with E-state index in [4.69, 9.17) is 14.5 Å². The van der Waals surface area contributed by atoms with Crippen molar-refractivity contribution < 1.29 is 9.47 Å². The number of hydrogen-bond donors (Lipinski definition) is 1. The van der Waals surface area contributed by atoms with Crippen LogP contribution >= 0.6 is 0 Å². The van der Waals surface area contributed by atoms with Crippen LogP contribution in [0, 0.1) is 17.8 Å². The minimum atomic E-state index is 0.561. The molecule has 6 heteroatoms. The van der Waals surface area contributed by atoms with E-state index in [1.807, 2.05) is 0 Å². The molecule has 0 spiro atoms. The number of likely N-dealkylation sites (tertiary alicyclic amines) is 2. The largest absolute Gasteiger partial charge is 0.382 e. The molecular formula is C26H44N4O2. The number of aliphatic imine (C=N–C) groups is 1. The maximum absolute atomic E-state index is 5.76. The number of benzene rings is 1. The van der Waals surface area contributed by atoms with Gasteiger partial charge in [-0.05, 0) is 42.7 Å². The Morgan fingerprint density at radius 1 is 1.09 bits per heavy atom. The van der Waals surface area contributed by atoms with E-state index in [0.717, 1.165) is 63.5 Å². The molecule has 1 aromatic carbocycles. The van der Waals surface area contributed by atoms with Crippen molar-refractivity contribution in [1.82, 2.24) is 15.1 Å². The molecule has 2 aliphatic rings. The van der Waals surface area contributed by atoms with Crippen molar-refractivity contribution in [2.45, 2.75) is 46.7 Å². The first-order valence-electron chi connectivity index (χ1n) is 12.5. The van der Waals surface area contributed by atoms with Crippen LogP contribution in [0.5, 0.6) is 0 Å². The molecule has 3 unspecified atom stereocenters.